The number of alkyl halides is 1. The lowest BCUT2D eigenvalue weighted by Gasteiger charge is -2.34. The van der Waals surface area contributed by atoms with Crippen molar-refractivity contribution in [2.75, 3.05) is 20.2 Å². The number of benzene rings is 1. The number of ether oxygens (including phenoxy) is 1. The largest absolute Gasteiger partial charge is 0.497 e. The van der Waals surface area contributed by atoms with Crippen molar-refractivity contribution in [2.45, 2.75) is 37.6 Å². The lowest BCUT2D eigenvalue weighted by molar-refractivity contribution is 0.161. The van der Waals surface area contributed by atoms with Crippen LogP contribution in [0.3, 0.4) is 0 Å². The summed E-state index contributed by atoms with van der Waals surface area (Å²) in [5.41, 5.74) is 1.18. The highest BCUT2D eigenvalue weighted by atomic mass is 35.5. The van der Waals surface area contributed by atoms with Gasteiger partial charge in [0, 0.05) is 12.6 Å². The van der Waals surface area contributed by atoms with E-state index >= 15 is 0 Å². The summed E-state index contributed by atoms with van der Waals surface area (Å²) in [5, 5.41) is 0.0662. The third kappa shape index (κ3) is 3.39. The molecule has 3 heteroatoms. The fraction of sp³-hybridized carbons (Fsp3) is 0.600. The van der Waals surface area contributed by atoms with E-state index in [1.807, 2.05) is 12.1 Å². The minimum Gasteiger partial charge on any atom is -0.497 e. The van der Waals surface area contributed by atoms with Crippen molar-refractivity contribution in [3.8, 4) is 5.75 Å². The van der Waals surface area contributed by atoms with Crippen LogP contribution in [0.4, 0.5) is 0 Å². The molecule has 0 aliphatic carbocycles. The SMILES string of the molecule is COc1ccc(C(Cl)CN2CCCCC2C)cc1. The summed E-state index contributed by atoms with van der Waals surface area (Å²) in [6.07, 6.45) is 3.95. The Kier molecular flexibility index (Phi) is 4.90. The molecule has 1 aromatic carbocycles. The van der Waals surface area contributed by atoms with Crippen LogP contribution in [0.25, 0.3) is 0 Å². The highest BCUT2D eigenvalue weighted by Crippen LogP contribution is 2.26. The highest BCUT2D eigenvalue weighted by Gasteiger charge is 2.21. The summed E-state index contributed by atoms with van der Waals surface area (Å²) < 4.78 is 5.16. The molecule has 1 saturated heterocycles. The predicted molar refractivity (Wildman–Crippen MR) is 76.5 cm³/mol. The standard InChI is InChI=1S/C15H22ClNO/c1-12-5-3-4-10-17(12)11-15(16)13-6-8-14(18-2)9-7-13/h6-9,12,15H,3-5,10-11H2,1-2H3. The van der Waals surface area contributed by atoms with Crippen molar-refractivity contribution < 1.29 is 4.74 Å². The Balaban J connectivity index is 1.95. The number of methoxy groups -OCH3 is 1. The number of hydrogen-bond acceptors (Lipinski definition) is 2. The molecule has 0 saturated carbocycles. The van der Waals surface area contributed by atoms with E-state index in [4.69, 9.17) is 16.3 Å². The second-order valence-corrected chi connectivity index (χ2v) is 5.61. The molecule has 2 unspecified atom stereocenters. The number of likely N-dealkylation sites (tertiary alicyclic amines) is 1. The molecular formula is C15H22ClNO. The van der Waals surface area contributed by atoms with Gasteiger partial charge in [0.25, 0.3) is 0 Å². The molecule has 1 fully saturated rings. The number of rotatable bonds is 4. The summed E-state index contributed by atoms with van der Waals surface area (Å²) in [5.74, 6) is 0.883. The monoisotopic (exact) mass is 267 g/mol. The maximum absolute atomic E-state index is 6.52. The van der Waals surface area contributed by atoms with Crippen LogP contribution in [-0.4, -0.2) is 31.1 Å². The summed E-state index contributed by atoms with van der Waals surface area (Å²) in [6.45, 7) is 4.42. The third-order valence-corrected chi connectivity index (χ3v) is 4.20. The van der Waals surface area contributed by atoms with Crippen molar-refractivity contribution in [1.82, 2.24) is 4.90 Å². The van der Waals surface area contributed by atoms with Gasteiger partial charge in [-0.25, -0.2) is 0 Å². The molecule has 100 valence electrons. The van der Waals surface area contributed by atoms with Gasteiger partial charge in [0.15, 0.2) is 0 Å². The lowest BCUT2D eigenvalue weighted by Crippen LogP contribution is -2.39. The van der Waals surface area contributed by atoms with Gasteiger partial charge in [-0.2, -0.15) is 0 Å². The molecule has 0 N–H and O–H groups in total. The topological polar surface area (TPSA) is 12.5 Å². The molecule has 1 aromatic rings. The smallest absolute Gasteiger partial charge is 0.118 e. The number of hydrogen-bond donors (Lipinski definition) is 0. The zero-order valence-corrected chi connectivity index (χ0v) is 12.0. The van der Waals surface area contributed by atoms with Crippen LogP contribution in [0.2, 0.25) is 0 Å². The molecule has 2 atom stereocenters. The molecule has 0 amide bonds. The third-order valence-electron chi connectivity index (χ3n) is 3.81. The maximum Gasteiger partial charge on any atom is 0.118 e. The Hall–Kier alpha value is -0.730. The van der Waals surface area contributed by atoms with Crippen molar-refractivity contribution in [3.05, 3.63) is 29.8 Å². The summed E-state index contributed by atoms with van der Waals surface area (Å²) in [7, 11) is 1.68. The zero-order chi connectivity index (χ0) is 13.0. The summed E-state index contributed by atoms with van der Waals surface area (Å²) in [4.78, 5) is 2.51. The zero-order valence-electron chi connectivity index (χ0n) is 11.2. The van der Waals surface area contributed by atoms with Crippen LogP contribution in [0.15, 0.2) is 24.3 Å². The van der Waals surface area contributed by atoms with Gasteiger partial charge >= 0.3 is 0 Å². The van der Waals surface area contributed by atoms with E-state index in [0.29, 0.717) is 6.04 Å². The quantitative estimate of drug-likeness (QED) is 0.769. The highest BCUT2D eigenvalue weighted by molar-refractivity contribution is 6.21. The van der Waals surface area contributed by atoms with Crippen molar-refractivity contribution in [3.63, 3.8) is 0 Å². The van der Waals surface area contributed by atoms with Gasteiger partial charge in [-0.05, 0) is 44.0 Å². The van der Waals surface area contributed by atoms with Crippen molar-refractivity contribution >= 4 is 11.6 Å². The van der Waals surface area contributed by atoms with Gasteiger partial charge in [0.1, 0.15) is 5.75 Å². The lowest BCUT2D eigenvalue weighted by atomic mass is 10.0. The average Bonchev–Trinajstić information content (AvgIpc) is 2.41. The molecule has 0 radical (unpaired) electrons. The Bertz CT molecular complexity index is 365. The average molecular weight is 268 g/mol. The van der Waals surface area contributed by atoms with E-state index in [-0.39, 0.29) is 5.38 Å². The molecule has 0 spiro atoms. The normalized spacial score (nSPS) is 22.7. The van der Waals surface area contributed by atoms with Gasteiger partial charge in [0.2, 0.25) is 0 Å². The molecule has 18 heavy (non-hydrogen) atoms. The van der Waals surface area contributed by atoms with Gasteiger partial charge in [-0.15, -0.1) is 11.6 Å². The summed E-state index contributed by atoms with van der Waals surface area (Å²) >= 11 is 6.52. The van der Waals surface area contributed by atoms with E-state index in [2.05, 4.69) is 24.0 Å². The molecule has 0 aromatic heterocycles. The Morgan fingerprint density at radius 2 is 2.06 bits per heavy atom. The molecule has 1 aliphatic rings. The number of halogens is 1. The van der Waals surface area contributed by atoms with E-state index in [0.717, 1.165) is 12.3 Å². The van der Waals surface area contributed by atoms with Crippen LogP contribution in [0.5, 0.6) is 5.75 Å². The first-order chi connectivity index (χ1) is 8.70. The molecule has 2 nitrogen and oxygen atoms in total. The van der Waals surface area contributed by atoms with Gasteiger partial charge in [-0.3, -0.25) is 4.90 Å². The molecule has 1 heterocycles. The van der Waals surface area contributed by atoms with Gasteiger partial charge < -0.3 is 4.74 Å². The minimum absolute atomic E-state index is 0.0662. The van der Waals surface area contributed by atoms with Crippen molar-refractivity contribution in [1.29, 1.82) is 0 Å². The maximum atomic E-state index is 6.52. The van der Waals surface area contributed by atoms with Crippen molar-refractivity contribution in [2.24, 2.45) is 0 Å². The predicted octanol–water partition coefficient (Wildman–Crippen LogP) is 3.85. The molecule has 2 rings (SSSR count). The van der Waals surface area contributed by atoms with Crippen LogP contribution >= 0.6 is 11.6 Å². The first-order valence-electron chi connectivity index (χ1n) is 6.73. The Morgan fingerprint density at radius 1 is 1.33 bits per heavy atom. The molecule has 1 aliphatic heterocycles. The number of nitrogens with zero attached hydrogens (tertiary/aromatic N) is 1. The number of piperidine rings is 1. The van der Waals surface area contributed by atoms with Crippen LogP contribution in [-0.2, 0) is 0 Å². The Morgan fingerprint density at radius 3 is 2.67 bits per heavy atom. The van der Waals surface area contributed by atoms with Crippen LogP contribution in [0.1, 0.15) is 37.1 Å². The second-order valence-electron chi connectivity index (χ2n) is 5.08. The van der Waals surface area contributed by atoms with E-state index in [1.165, 1.54) is 31.4 Å². The first-order valence-corrected chi connectivity index (χ1v) is 7.16. The van der Waals surface area contributed by atoms with Crippen LogP contribution in [0, 0.1) is 0 Å². The molecular weight excluding hydrogens is 246 g/mol. The fourth-order valence-electron chi connectivity index (χ4n) is 2.55. The van der Waals surface area contributed by atoms with Gasteiger partial charge in [0.05, 0.1) is 12.5 Å². The minimum atomic E-state index is 0.0662. The van der Waals surface area contributed by atoms with Crippen LogP contribution < -0.4 is 4.74 Å². The van der Waals surface area contributed by atoms with Gasteiger partial charge in [-0.1, -0.05) is 18.6 Å². The summed E-state index contributed by atoms with van der Waals surface area (Å²) in [6, 6.07) is 8.74. The van der Waals surface area contributed by atoms with E-state index < -0.39 is 0 Å². The first kappa shape index (κ1) is 13.7. The molecule has 0 bridgehead atoms. The Labute approximate surface area is 115 Å². The van der Waals surface area contributed by atoms with E-state index in [9.17, 15) is 0 Å². The fourth-order valence-corrected chi connectivity index (χ4v) is 2.88. The van der Waals surface area contributed by atoms with E-state index in [1.54, 1.807) is 7.11 Å². The second kappa shape index (κ2) is 6.44.